The monoisotopic (exact) mass is 500 g/mol. The standard InChI is InChI=1S/C29H40N2O3.ClH/c1-19(2)27(30-28(34)23-9-8-22-15-26(33)11-10-21(22)14-23)18-31-13-12-29(4,20(3)17-31)24-6-5-7-25(32)16-24;/h5-7,10-11,15-16,19-20,23,27,32-33H,8-9,12-14,17-18H2,1-4H3,(H,30,34);1H/t20-,23-,27+,29+;/m0./s1. The molecule has 1 amide bonds. The van der Waals surface area contributed by atoms with Crippen LogP contribution in [0.1, 0.15) is 57.2 Å². The molecule has 1 heterocycles. The van der Waals surface area contributed by atoms with E-state index in [0.717, 1.165) is 45.3 Å². The molecule has 0 spiro atoms. The molecule has 4 rings (SSSR count). The van der Waals surface area contributed by atoms with Crippen molar-refractivity contribution in [3.63, 3.8) is 0 Å². The Labute approximate surface area is 216 Å². The lowest BCUT2D eigenvalue weighted by molar-refractivity contribution is -0.126. The number of fused-ring (bicyclic) bond motifs is 1. The van der Waals surface area contributed by atoms with Crippen LogP contribution in [0.4, 0.5) is 0 Å². The number of halogens is 1. The molecule has 2 aromatic carbocycles. The van der Waals surface area contributed by atoms with Crippen LogP contribution in [0.15, 0.2) is 42.5 Å². The topological polar surface area (TPSA) is 72.8 Å². The highest BCUT2D eigenvalue weighted by molar-refractivity contribution is 5.85. The van der Waals surface area contributed by atoms with Crippen molar-refractivity contribution in [1.29, 1.82) is 0 Å². The molecule has 4 atom stereocenters. The van der Waals surface area contributed by atoms with Gasteiger partial charge in [-0.2, -0.15) is 0 Å². The summed E-state index contributed by atoms with van der Waals surface area (Å²) in [6, 6.07) is 13.3. The maximum atomic E-state index is 13.2. The van der Waals surface area contributed by atoms with Gasteiger partial charge in [-0.15, -0.1) is 12.4 Å². The van der Waals surface area contributed by atoms with E-state index in [-0.39, 0.29) is 35.7 Å². The summed E-state index contributed by atoms with van der Waals surface area (Å²) in [7, 11) is 0. The van der Waals surface area contributed by atoms with E-state index in [1.165, 1.54) is 16.7 Å². The third-order valence-corrected chi connectivity index (χ3v) is 8.45. The van der Waals surface area contributed by atoms with Crippen LogP contribution in [0.2, 0.25) is 0 Å². The molecule has 2 aliphatic rings. The first-order chi connectivity index (χ1) is 16.2. The van der Waals surface area contributed by atoms with Crippen molar-refractivity contribution >= 4 is 18.3 Å². The van der Waals surface area contributed by atoms with Gasteiger partial charge in [0.1, 0.15) is 11.5 Å². The zero-order chi connectivity index (χ0) is 24.5. The van der Waals surface area contributed by atoms with Crippen molar-refractivity contribution in [2.24, 2.45) is 17.8 Å². The molecule has 1 aliphatic carbocycles. The molecule has 6 heteroatoms. The van der Waals surface area contributed by atoms with Gasteiger partial charge in [-0.25, -0.2) is 0 Å². The zero-order valence-corrected chi connectivity index (χ0v) is 22.3. The smallest absolute Gasteiger partial charge is 0.223 e. The summed E-state index contributed by atoms with van der Waals surface area (Å²) in [5.74, 6) is 1.58. The maximum Gasteiger partial charge on any atom is 0.223 e. The van der Waals surface area contributed by atoms with Gasteiger partial charge in [0.2, 0.25) is 5.91 Å². The summed E-state index contributed by atoms with van der Waals surface area (Å²) in [5.41, 5.74) is 3.60. The molecular formula is C29H41ClN2O3. The Kier molecular flexibility index (Phi) is 8.76. The molecule has 1 saturated heterocycles. The number of benzene rings is 2. The van der Waals surface area contributed by atoms with Gasteiger partial charge in [0.05, 0.1) is 0 Å². The van der Waals surface area contributed by atoms with Crippen LogP contribution in [0, 0.1) is 17.8 Å². The van der Waals surface area contributed by atoms with Crippen molar-refractivity contribution in [3.8, 4) is 11.5 Å². The van der Waals surface area contributed by atoms with Crippen molar-refractivity contribution in [1.82, 2.24) is 10.2 Å². The summed E-state index contributed by atoms with van der Waals surface area (Å²) in [6.45, 7) is 11.8. The van der Waals surface area contributed by atoms with E-state index < -0.39 is 0 Å². The number of hydrogen-bond acceptors (Lipinski definition) is 4. The molecule has 3 N–H and O–H groups in total. The number of carbonyl (C=O) groups is 1. The van der Waals surface area contributed by atoms with Gasteiger partial charge in [0.15, 0.2) is 0 Å². The van der Waals surface area contributed by atoms with Gasteiger partial charge >= 0.3 is 0 Å². The van der Waals surface area contributed by atoms with Crippen LogP contribution < -0.4 is 5.32 Å². The SMILES string of the molecule is CC(C)[C@@H](CN1CC[C@@](C)(c2cccc(O)c2)[C@@H](C)C1)NC(=O)[C@H]1CCc2cc(O)ccc2C1.Cl. The largest absolute Gasteiger partial charge is 0.508 e. The number of amides is 1. The molecule has 35 heavy (non-hydrogen) atoms. The van der Waals surface area contributed by atoms with Crippen molar-refractivity contribution in [3.05, 3.63) is 59.2 Å². The van der Waals surface area contributed by atoms with Gasteiger partial charge < -0.3 is 20.4 Å². The van der Waals surface area contributed by atoms with Crippen molar-refractivity contribution in [2.45, 2.75) is 64.8 Å². The molecule has 0 aromatic heterocycles. The Morgan fingerprint density at radius 3 is 2.57 bits per heavy atom. The maximum absolute atomic E-state index is 13.2. The first-order valence-electron chi connectivity index (χ1n) is 12.8. The summed E-state index contributed by atoms with van der Waals surface area (Å²) >= 11 is 0. The lowest BCUT2D eigenvalue weighted by Crippen LogP contribution is -2.54. The number of nitrogens with zero attached hydrogens (tertiary/aromatic N) is 1. The van der Waals surface area contributed by atoms with E-state index in [1.807, 2.05) is 24.3 Å². The number of hydrogen-bond donors (Lipinski definition) is 3. The van der Waals surface area contributed by atoms with Gasteiger partial charge in [-0.05, 0) is 90.4 Å². The molecule has 1 aliphatic heterocycles. The van der Waals surface area contributed by atoms with E-state index >= 15 is 0 Å². The van der Waals surface area contributed by atoms with E-state index in [4.69, 9.17) is 0 Å². The number of phenols is 2. The highest BCUT2D eigenvalue weighted by Crippen LogP contribution is 2.40. The number of piperidine rings is 1. The summed E-state index contributed by atoms with van der Waals surface area (Å²) in [5, 5.41) is 23.1. The number of carbonyl (C=O) groups excluding carboxylic acids is 1. The second-order valence-corrected chi connectivity index (χ2v) is 11.1. The van der Waals surface area contributed by atoms with Crippen LogP contribution in [0.5, 0.6) is 11.5 Å². The minimum absolute atomic E-state index is 0. The van der Waals surface area contributed by atoms with Gasteiger partial charge in [0, 0.05) is 25.0 Å². The van der Waals surface area contributed by atoms with Gasteiger partial charge in [-0.3, -0.25) is 4.79 Å². The fraction of sp³-hybridized carbons (Fsp3) is 0.552. The summed E-state index contributed by atoms with van der Waals surface area (Å²) < 4.78 is 0. The predicted octanol–water partition coefficient (Wildman–Crippen LogP) is 5.07. The molecule has 0 bridgehead atoms. The van der Waals surface area contributed by atoms with Crippen molar-refractivity contribution in [2.75, 3.05) is 19.6 Å². The fourth-order valence-electron chi connectivity index (χ4n) is 5.74. The number of nitrogens with one attached hydrogen (secondary N) is 1. The Hall–Kier alpha value is -2.24. The second-order valence-electron chi connectivity index (χ2n) is 11.1. The third-order valence-electron chi connectivity index (χ3n) is 8.45. The van der Waals surface area contributed by atoms with E-state index in [9.17, 15) is 15.0 Å². The van der Waals surface area contributed by atoms with Crippen LogP contribution in [-0.4, -0.2) is 46.7 Å². The molecule has 1 fully saturated rings. The van der Waals surface area contributed by atoms with Crippen LogP contribution in [0.25, 0.3) is 0 Å². The molecule has 0 radical (unpaired) electrons. The van der Waals surface area contributed by atoms with E-state index in [1.54, 1.807) is 12.1 Å². The number of aromatic hydroxyl groups is 2. The molecule has 192 valence electrons. The lowest BCUT2D eigenvalue weighted by atomic mass is 9.68. The highest BCUT2D eigenvalue weighted by atomic mass is 35.5. The number of rotatable bonds is 6. The molecular weight excluding hydrogens is 460 g/mol. The first-order valence-corrected chi connectivity index (χ1v) is 12.8. The van der Waals surface area contributed by atoms with Crippen LogP contribution in [0.3, 0.4) is 0 Å². The second kappa shape index (κ2) is 11.2. The number of likely N-dealkylation sites (tertiary alicyclic amines) is 1. The zero-order valence-electron chi connectivity index (χ0n) is 21.5. The van der Waals surface area contributed by atoms with Gasteiger partial charge in [0.25, 0.3) is 0 Å². The summed E-state index contributed by atoms with van der Waals surface area (Å²) in [6.07, 6.45) is 3.44. The fourth-order valence-corrected chi connectivity index (χ4v) is 5.74. The highest BCUT2D eigenvalue weighted by Gasteiger charge is 2.39. The Morgan fingerprint density at radius 1 is 1.14 bits per heavy atom. The lowest BCUT2D eigenvalue weighted by Gasteiger charge is -2.46. The van der Waals surface area contributed by atoms with Gasteiger partial charge in [-0.1, -0.05) is 45.9 Å². The molecule has 5 nitrogen and oxygen atoms in total. The van der Waals surface area contributed by atoms with Crippen LogP contribution in [-0.2, 0) is 23.1 Å². The minimum atomic E-state index is -0.00683. The first kappa shape index (κ1) is 27.3. The average molecular weight is 501 g/mol. The Bertz CT molecular complexity index is 1030. The average Bonchev–Trinajstić information content (AvgIpc) is 2.80. The Morgan fingerprint density at radius 2 is 1.89 bits per heavy atom. The van der Waals surface area contributed by atoms with E-state index in [2.05, 4.69) is 44.0 Å². The quantitative estimate of drug-likeness (QED) is 0.518. The summed E-state index contributed by atoms with van der Waals surface area (Å²) in [4.78, 5) is 15.7. The molecule has 0 unspecified atom stereocenters. The van der Waals surface area contributed by atoms with Crippen molar-refractivity contribution < 1.29 is 15.0 Å². The predicted molar refractivity (Wildman–Crippen MR) is 143 cm³/mol. The molecule has 2 aromatic rings. The normalized spacial score (nSPS) is 25.4. The van der Waals surface area contributed by atoms with E-state index in [0.29, 0.717) is 23.3 Å². The minimum Gasteiger partial charge on any atom is -0.508 e. The van der Waals surface area contributed by atoms with Crippen LogP contribution >= 0.6 is 12.4 Å². The Balaban J connectivity index is 0.00000342. The third kappa shape index (κ3) is 6.13. The number of aryl methyl sites for hydroxylation is 1. The molecule has 0 saturated carbocycles. The number of phenolic OH excluding ortho intramolecular Hbond substituents is 2.